The maximum absolute atomic E-state index is 12.7. The van der Waals surface area contributed by atoms with Gasteiger partial charge in [0.1, 0.15) is 11.3 Å². The van der Waals surface area contributed by atoms with Gasteiger partial charge in [-0.05, 0) is 13.8 Å². The Morgan fingerprint density at radius 1 is 1.21 bits per heavy atom. The third kappa shape index (κ3) is 3.04. The molecule has 0 aliphatic carbocycles. The topological polar surface area (TPSA) is 78.6 Å². The summed E-state index contributed by atoms with van der Waals surface area (Å²) < 4.78 is 5.10. The summed E-state index contributed by atoms with van der Waals surface area (Å²) in [4.78, 5) is 18.6. The van der Waals surface area contributed by atoms with Crippen LogP contribution in [0.4, 0.5) is 11.5 Å². The van der Waals surface area contributed by atoms with Gasteiger partial charge in [-0.1, -0.05) is 5.16 Å². The molecule has 24 heavy (non-hydrogen) atoms. The number of aryl methyl sites for hydroxylation is 2. The first-order valence-electron chi connectivity index (χ1n) is 7.94. The van der Waals surface area contributed by atoms with Crippen LogP contribution in [0.15, 0.2) is 16.8 Å². The molecule has 0 unspecified atom stereocenters. The number of nitrogens with zero attached hydrogens (tertiary/aromatic N) is 6. The van der Waals surface area contributed by atoms with Crippen LogP contribution in [-0.4, -0.2) is 66.4 Å². The fourth-order valence-electron chi connectivity index (χ4n) is 2.83. The zero-order valence-electron chi connectivity index (χ0n) is 14.5. The predicted octanol–water partition coefficient (Wildman–Crippen LogP) is 1.11. The molecule has 1 aliphatic rings. The van der Waals surface area contributed by atoms with Gasteiger partial charge in [0, 0.05) is 46.3 Å². The zero-order chi connectivity index (χ0) is 17.3. The Kier molecular flexibility index (Phi) is 4.37. The van der Waals surface area contributed by atoms with Crippen molar-refractivity contribution in [3.63, 3.8) is 0 Å². The average Bonchev–Trinajstić information content (AvgIpc) is 2.93. The third-order valence-electron chi connectivity index (χ3n) is 4.28. The Morgan fingerprint density at radius 2 is 1.92 bits per heavy atom. The van der Waals surface area contributed by atoms with Crippen molar-refractivity contribution in [1.82, 2.24) is 20.3 Å². The molecule has 0 radical (unpaired) electrons. The second kappa shape index (κ2) is 6.46. The van der Waals surface area contributed by atoms with Gasteiger partial charge in [0.25, 0.3) is 5.91 Å². The molecule has 1 saturated heterocycles. The number of aromatic nitrogens is 3. The van der Waals surface area contributed by atoms with Crippen LogP contribution in [0.2, 0.25) is 0 Å². The first kappa shape index (κ1) is 16.2. The molecule has 128 valence electrons. The van der Waals surface area contributed by atoms with E-state index in [9.17, 15) is 4.79 Å². The van der Waals surface area contributed by atoms with E-state index in [1.165, 1.54) is 0 Å². The molecule has 8 nitrogen and oxygen atoms in total. The van der Waals surface area contributed by atoms with Crippen molar-refractivity contribution in [1.29, 1.82) is 0 Å². The highest BCUT2D eigenvalue weighted by Crippen LogP contribution is 2.20. The van der Waals surface area contributed by atoms with Gasteiger partial charge < -0.3 is 19.2 Å². The van der Waals surface area contributed by atoms with Crippen LogP contribution in [0.25, 0.3) is 0 Å². The summed E-state index contributed by atoms with van der Waals surface area (Å²) in [7, 11) is 3.95. The van der Waals surface area contributed by atoms with Gasteiger partial charge in [-0.25, -0.2) is 0 Å². The molecule has 2 aromatic rings. The number of hydrogen-bond acceptors (Lipinski definition) is 7. The van der Waals surface area contributed by atoms with Gasteiger partial charge >= 0.3 is 0 Å². The number of carbonyl (C=O) groups excluding carboxylic acids is 1. The first-order valence-corrected chi connectivity index (χ1v) is 7.94. The highest BCUT2D eigenvalue weighted by Gasteiger charge is 2.27. The Labute approximate surface area is 141 Å². The second-order valence-electron chi connectivity index (χ2n) is 6.14. The van der Waals surface area contributed by atoms with Crippen LogP contribution < -0.4 is 9.80 Å². The summed E-state index contributed by atoms with van der Waals surface area (Å²) in [6, 6.07) is 2.01. The molecule has 3 rings (SSSR count). The molecule has 8 heteroatoms. The SMILES string of the molecule is Cc1noc(C)c1C(=O)N1CCN(c2cc(N(C)C)cnn2)CC1. The fourth-order valence-corrected chi connectivity index (χ4v) is 2.83. The van der Waals surface area contributed by atoms with E-state index < -0.39 is 0 Å². The van der Waals surface area contributed by atoms with Gasteiger partial charge in [-0.3, -0.25) is 4.79 Å². The Hall–Kier alpha value is -2.64. The van der Waals surface area contributed by atoms with Gasteiger partial charge in [-0.2, -0.15) is 5.10 Å². The monoisotopic (exact) mass is 330 g/mol. The van der Waals surface area contributed by atoms with Crippen LogP contribution >= 0.6 is 0 Å². The molecular weight excluding hydrogens is 308 g/mol. The Bertz CT molecular complexity index is 714. The third-order valence-corrected chi connectivity index (χ3v) is 4.28. The lowest BCUT2D eigenvalue weighted by Gasteiger charge is -2.35. The first-order chi connectivity index (χ1) is 11.5. The largest absolute Gasteiger partial charge is 0.376 e. The molecule has 0 N–H and O–H groups in total. The number of amides is 1. The van der Waals surface area contributed by atoms with Crippen LogP contribution in [0.1, 0.15) is 21.8 Å². The Morgan fingerprint density at radius 3 is 2.50 bits per heavy atom. The maximum Gasteiger partial charge on any atom is 0.259 e. The molecular formula is C16H22N6O2. The molecule has 0 spiro atoms. The van der Waals surface area contributed by atoms with E-state index in [1.807, 2.05) is 30.0 Å². The minimum atomic E-state index is -0.0148. The number of piperazine rings is 1. The zero-order valence-corrected chi connectivity index (χ0v) is 14.5. The lowest BCUT2D eigenvalue weighted by atomic mass is 10.1. The quantitative estimate of drug-likeness (QED) is 0.834. The minimum Gasteiger partial charge on any atom is -0.376 e. The van der Waals surface area contributed by atoms with Crippen molar-refractivity contribution in [2.45, 2.75) is 13.8 Å². The van der Waals surface area contributed by atoms with E-state index in [0.717, 1.165) is 24.6 Å². The highest BCUT2D eigenvalue weighted by molar-refractivity contribution is 5.96. The van der Waals surface area contributed by atoms with Gasteiger partial charge in [-0.15, -0.1) is 5.10 Å². The Balaban J connectivity index is 1.68. The van der Waals surface area contributed by atoms with Crippen LogP contribution in [0, 0.1) is 13.8 Å². The molecule has 1 fully saturated rings. The van der Waals surface area contributed by atoms with E-state index in [2.05, 4.69) is 20.3 Å². The summed E-state index contributed by atoms with van der Waals surface area (Å²) in [5.41, 5.74) is 2.23. The maximum atomic E-state index is 12.7. The number of anilines is 2. The summed E-state index contributed by atoms with van der Waals surface area (Å²) >= 11 is 0. The van der Waals surface area contributed by atoms with Gasteiger partial charge in [0.2, 0.25) is 0 Å². The van der Waals surface area contributed by atoms with Crippen molar-refractivity contribution in [3.05, 3.63) is 29.3 Å². The van der Waals surface area contributed by atoms with Crippen LogP contribution in [0.5, 0.6) is 0 Å². The average molecular weight is 330 g/mol. The van der Waals surface area contributed by atoms with E-state index >= 15 is 0 Å². The minimum absolute atomic E-state index is 0.0148. The van der Waals surface area contributed by atoms with E-state index in [4.69, 9.17) is 4.52 Å². The fraction of sp³-hybridized carbons (Fsp3) is 0.500. The molecule has 1 amide bonds. The van der Waals surface area contributed by atoms with Crippen molar-refractivity contribution in [2.24, 2.45) is 0 Å². The molecule has 1 aliphatic heterocycles. The second-order valence-corrected chi connectivity index (χ2v) is 6.14. The smallest absolute Gasteiger partial charge is 0.259 e. The van der Waals surface area contributed by atoms with Gasteiger partial charge in [0.05, 0.1) is 17.6 Å². The molecule has 0 saturated carbocycles. The standard InChI is InChI=1S/C16H22N6O2/c1-11-15(12(2)24-19-11)16(23)22-7-5-21(6-8-22)14-9-13(20(3)4)10-17-18-14/h9-10H,5-8H2,1-4H3. The van der Waals surface area contributed by atoms with Crippen molar-refractivity contribution < 1.29 is 9.32 Å². The van der Waals surface area contributed by atoms with Crippen molar-refractivity contribution in [3.8, 4) is 0 Å². The number of hydrogen-bond donors (Lipinski definition) is 0. The number of rotatable bonds is 3. The van der Waals surface area contributed by atoms with E-state index in [1.54, 1.807) is 20.0 Å². The highest BCUT2D eigenvalue weighted by atomic mass is 16.5. The van der Waals surface area contributed by atoms with Crippen molar-refractivity contribution >= 4 is 17.4 Å². The normalized spacial score (nSPS) is 14.8. The van der Waals surface area contributed by atoms with E-state index in [-0.39, 0.29) is 5.91 Å². The summed E-state index contributed by atoms with van der Waals surface area (Å²) in [5.74, 6) is 1.40. The lowest BCUT2D eigenvalue weighted by Crippen LogP contribution is -2.49. The molecule has 0 atom stereocenters. The van der Waals surface area contributed by atoms with Crippen LogP contribution in [-0.2, 0) is 0 Å². The van der Waals surface area contributed by atoms with Crippen LogP contribution in [0.3, 0.4) is 0 Å². The predicted molar refractivity (Wildman–Crippen MR) is 90.5 cm³/mol. The van der Waals surface area contributed by atoms with Gasteiger partial charge in [0.15, 0.2) is 5.82 Å². The molecule has 0 aromatic carbocycles. The van der Waals surface area contributed by atoms with E-state index in [0.29, 0.717) is 30.1 Å². The lowest BCUT2D eigenvalue weighted by molar-refractivity contribution is 0.0744. The summed E-state index contributed by atoms with van der Waals surface area (Å²) in [5, 5.41) is 12.1. The summed E-state index contributed by atoms with van der Waals surface area (Å²) in [6.45, 7) is 6.28. The molecule has 3 heterocycles. The molecule has 2 aromatic heterocycles. The number of carbonyl (C=O) groups is 1. The molecule has 0 bridgehead atoms. The summed E-state index contributed by atoms with van der Waals surface area (Å²) in [6.07, 6.45) is 1.74. The van der Waals surface area contributed by atoms with Crippen molar-refractivity contribution in [2.75, 3.05) is 50.1 Å².